The smallest absolute Gasteiger partial charge is 0.240 e. The zero-order chi connectivity index (χ0) is 22.7. The minimum Gasteiger partial charge on any atom is -0.315 e. The highest BCUT2D eigenvalue weighted by Gasteiger charge is 2.24. The predicted molar refractivity (Wildman–Crippen MR) is 129 cm³/mol. The van der Waals surface area contributed by atoms with Gasteiger partial charge < -0.3 is 4.90 Å². The molecule has 0 aliphatic carbocycles. The van der Waals surface area contributed by atoms with Crippen molar-refractivity contribution >= 4 is 23.4 Å². The molecule has 0 saturated carbocycles. The second-order valence-corrected chi connectivity index (χ2v) is 8.95. The number of pyridine rings is 1. The lowest BCUT2D eigenvalue weighted by atomic mass is 10.1. The quantitative estimate of drug-likeness (QED) is 0.389. The minimum absolute atomic E-state index is 0.00120. The monoisotopic (exact) mass is 443 g/mol. The van der Waals surface area contributed by atoms with E-state index in [1.54, 1.807) is 24.3 Å². The van der Waals surface area contributed by atoms with Gasteiger partial charge in [-0.2, -0.15) is 0 Å². The van der Waals surface area contributed by atoms with Gasteiger partial charge in [-0.15, -0.1) is 10.2 Å². The molecular formula is C25H25N5OS. The van der Waals surface area contributed by atoms with Crippen LogP contribution in [-0.2, 0) is 4.79 Å². The van der Waals surface area contributed by atoms with Gasteiger partial charge in [0, 0.05) is 30.7 Å². The number of aryl methyl sites for hydroxylation is 2. The molecule has 2 heterocycles. The number of thioether (sulfide) groups is 1. The number of nitrogens with zero attached hydrogens (tertiary/aromatic N) is 5. The fourth-order valence-electron chi connectivity index (χ4n) is 3.39. The SMILES string of the molecule is Cc1ccc(-n2c(SC(C)C(=O)N(C)c3ccccc3)nnc2-c2ccncc2)cc1C. The highest BCUT2D eigenvalue weighted by atomic mass is 32.2. The summed E-state index contributed by atoms with van der Waals surface area (Å²) in [7, 11) is 1.80. The van der Waals surface area contributed by atoms with Crippen LogP contribution < -0.4 is 4.90 Å². The van der Waals surface area contributed by atoms with Gasteiger partial charge in [-0.05, 0) is 68.3 Å². The Hall–Kier alpha value is -3.45. The van der Waals surface area contributed by atoms with Gasteiger partial charge in [0.2, 0.25) is 5.91 Å². The summed E-state index contributed by atoms with van der Waals surface area (Å²) in [6, 6.07) is 19.7. The largest absolute Gasteiger partial charge is 0.315 e. The summed E-state index contributed by atoms with van der Waals surface area (Å²) in [5.74, 6) is 0.718. The van der Waals surface area contributed by atoms with Gasteiger partial charge in [0.25, 0.3) is 0 Å². The number of aromatic nitrogens is 4. The number of hydrogen-bond donors (Lipinski definition) is 0. The lowest BCUT2D eigenvalue weighted by molar-refractivity contribution is -0.117. The molecule has 0 spiro atoms. The highest BCUT2D eigenvalue weighted by molar-refractivity contribution is 8.00. The summed E-state index contributed by atoms with van der Waals surface area (Å²) in [4.78, 5) is 18.9. The van der Waals surface area contributed by atoms with Crippen molar-refractivity contribution in [3.8, 4) is 17.1 Å². The second kappa shape index (κ2) is 9.36. The van der Waals surface area contributed by atoms with E-state index in [-0.39, 0.29) is 11.2 Å². The molecule has 1 amide bonds. The molecule has 0 radical (unpaired) electrons. The summed E-state index contributed by atoms with van der Waals surface area (Å²) >= 11 is 1.40. The molecule has 7 heteroatoms. The molecule has 4 rings (SSSR count). The van der Waals surface area contributed by atoms with Crippen molar-refractivity contribution in [3.05, 3.63) is 84.2 Å². The van der Waals surface area contributed by atoms with Gasteiger partial charge in [-0.25, -0.2) is 0 Å². The number of para-hydroxylation sites is 1. The van der Waals surface area contributed by atoms with Crippen LogP contribution in [0.25, 0.3) is 17.1 Å². The lowest BCUT2D eigenvalue weighted by Gasteiger charge is -2.21. The van der Waals surface area contributed by atoms with E-state index in [2.05, 4.69) is 47.2 Å². The molecule has 4 aromatic rings. The highest BCUT2D eigenvalue weighted by Crippen LogP contribution is 2.31. The first-order valence-electron chi connectivity index (χ1n) is 10.4. The Balaban J connectivity index is 1.70. The number of hydrogen-bond acceptors (Lipinski definition) is 5. The average Bonchev–Trinajstić information content (AvgIpc) is 3.24. The van der Waals surface area contributed by atoms with Crippen LogP contribution in [0.1, 0.15) is 18.1 Å². The molecule has 2 aromatic heterocycles. The Morgan fingerprint density at radius 3 is 2.38 bits per heavy atom. The third-order valence-corrected chi connectivity index (χ3v) is 6.45. The van der Waals surface area contributed by atoms with Gasteiger partial charge >= 0.3 is 0 Å². The molecule has 1 unspecified atom stereocenters. The van der Waals surface area contributed by atoms with Crippen LogP contribution >= 0.6 is 11.8 Å². The normalized spacial score (nSPS) is 11.9. The Morgan fingerprint density at radius 1 is 0.969 bits per heavy atom. The van der Waals surface area contributed by atoms with E-state index in [9.17, 15) is 4.79 Å². The van der Waals surface area contributed by atoms with E-state index >= 15 is 0 Å². The van der Waals surface area contributed by atoms with Crippen molar-refractivity contribution in [1.82, 2.24) is 19.7 Å². The van der Waals surface area contributed by atoms with Crippen LogP contribution in [0.15, 0.2) is 78.2 Å². The van der Waals surface area contributed by atoms with Crippen LogP contribution in [-0.4, -0.2) is 38.0 Å². The first kappa shape index (κ1) is 21.8. The van der Waals surface area contributed by atoms with Gasteiger partial charge in [-0.1, -0.05) is 36.0 Å². The number of carbonyl (C=O) groups excluding carboxylic acids is 1. The van der Waals surface area contributed by atoms with Crippen LogP contribution in [0, 0.1) is 13.8 Å². The summed E-state index contributed by atoms with van der Waals surface area (Å²) in [5, 5.41) is 9.25. The van der Waals surface area contributed by atoms with E-state index in [1.807, 2.05) is 54.0 Å². The average molecular weight is 444 g/mol. The summed E-state index contributed by atoms with van der Waals surface area (Å²) in [6.07, 6.45) is 3.48. The van der Waals surface area contributed by atoms with Crippen molar-refractivity contribution < 1.29 is 4.79 Å². The number of carbonyl (C=O) groups is 1. The number of benzene rings is 2. The molecule has 32 heavy (non-hydrogen) atoms. The van der Waals surface area contributed by atoms with Crippen molar-refractivity contribution in [2.24, 2.45) is 0 Å². The van der Waals surface area contributed by atoms with Crippen LogP contribution in [0.4, 0.5) is 5.69 Å². The molecule has 0 fully saturated rings. The maximum atomic E-state index is 13.1. The van der Waals surface area contributed by atoms with Crippen LogP contribution in [0.2, 0.25) is 0 Å². The molecule has 162 valence electrons. The molecule has 2 aromatic carbocycles. The number of amides is 1. The standard InChI is InChI=1S/C25H25N5OS/c1-17-10-11-22(16-18(17)2)30-23(20-12-14-26-15-13-20)27-28-25(30)32-19(3)24(31)29(4)21-8-6-5-7-9-21/h5-16,19H,1-4H3. The second-order valence-electron chi connectivity index (χ2n) is 7.64. The van der Waals surface area contributed by atoms with E-state index in [0.29, 0.717) is 11.0 Å². The predicted octanol–water partition coefficient (Wildman–Crippen LogP) is 5.09. The van der Waals surface area contributed by atoms with Crippen molar-refractivity contribution in [3.63, 3.8) is 0 Å². The van der Waals surface area contributed by atoms with Crippen molar-refractivity contribution in [2.45, 2.75) is 31.2 Å². The van der Waals surface area contributed by atoms with Gasteiger partial charge in [-0.3, -0.25) is 14.3 Å². The molecule has 6 nitrogen and oxygen atoms in total. The summed E-state index contributed by atoms with van der Waals surface area (Å²) in [5.41, 5.74) is 5.13. The molecular weight excluding hydrogens is 418 g/mol. The summed E-state index contributed by atoms with van der Waals surface area (Å²) in [6.45, 7) is 6.08. The molecule has 0 bridgehead atoms. The van der Waals surface area contributed by atoms with E-state index in [4.69, 9.17) is 0 Å². The summed E-state index contributed by atoms with van der Waals surface area (Å²) < 4.78 is 2.01. The molecule has 0 aliphatic heterocycles. The molecule has 1 atom stereocenters. The van der Waals surface area contributed by atoms with E-state index in [1.165, 1.54) is 22.9 Å². The fraction of sp³-hybridized carbons (Fsp3) is 0.200. The van der Waals surface area contributed by atoms with Crippen LogP contribution in [0.3, 0.4) is 0 Å². The molecule has 0 N–H and O–H groups in total. The maximum absolute atomic E-state index is 13.1. The topological polar surface area (TPSA) is 63.9 Å². The maximum Gasteiger partial charge on any atom is 0.240 e. The Bertz CT molecular complexity index is 1220. The van der Waals surface area contributed by atoms with Crippen molar-refractivity contribution in [2.75, 3.05) is 11.9 Å². The fourth-order valence-corrected chi connectivity index (χ4v) is 4.35. The first-order chi connectivity index (χ1) is 15.5. The Kier molecular flexibility index (Phi) is 6.37. The molecule has 0 aliphatic rings. The number of anilines is 1. The Morgan fingerprint density at radius 2 is 1.69 bits per heavy atom. The van der Waals surface area contributed by atoms with Crippen LogP contribution in [0.5, 0.6) is 0 Å². The molecule has 0 saturated heterocycles. The first-order valence-corrected chi connectivity index (χ1v) is 11.3. The van der Waals surface area contributed by atoms with Gasteiger partial charge in [0.1, 0.15) is 0 Å². The van der Waals surface area contributed by atoms with E-state index < -0.39 is 0 Å². The van der Waals surface area contributed by atoms with Gasteiger partial charge in [0.05, 0.1) is 10.9 Å². The third kappa shape index (κ3) is 4.43. The zero-order valence-electron chi connectivity index (χ0n) is 18.6. The third-order valence-electron chi connectivity index (χ3n) is 5.42. The lowest BCUT2D eigenvalue weighted by Crippen LogP contribution is -2.33. The zero-order valence-corrected chi connectivity index (χ0v) is 19.4. The van der Waals surface area contributed by atoms with Crippen molar-refractivity contribution in [1.29, 1.82) is 0 Å². The van der Waals surface area contributed by atoms with Gasteiger partial charge in [0.15, 0.2) is 11.0 Å². The minimum atomic E-state index is -0.347. The Labute approximate surface area is 192 Å². The van der Waals surface area contributed by atoms with E-state index in [0.717, 1.165) is 16.9 Å². The number of rotatable bonds is 6.